The summed E-state index contributed by atoms with van der Waals surface area (Å²) in [6.45, 7) is 8.14. The van der Waals surface area contributed by atoms with Gasteiger partial charge < -0.3 is 10.4 Å². The van der Waals surface area contributed by atoms with E-state index >= 15 is 0 Å². The van der Waals surface area contributed by atoms with Gasteiger partial charge in [0.1, 0.15) is 0 Å². The summed E-state index contributed by atoms with van der Waals surface area (Å²) in [5.74, 6) is 0.722. The summed E-state index contributed by atoms with van der Waals surface area (Å²) in [6, 6.07) is 0.347. The Balaban J connectivity index is 2.42. The Bertz CT molecular complexity index is 128. The van der Waals surface area contributed by atoms with E-state index in [2.05, 4.69) is 26.1 Å². The zero-order valence-electron chi connectivity index (χ0n) is 7.72. The van der Waals surface area contributed by atoms with Crippen molar-refractivity contribution >= 4 is 0 Å². The van der Waals surface area contributed by atoms with Crippen LogP contribution in [0.2, 0.25) is 0 Å². The molecular weight excluding hydrogens is 138 g/mol. The van der Waals surface area contributed by atoms with Crippen LogP contribution < -0.4 is 5.32 Å². The smallest absolute Gasteiger partial charge is 0.0584 e. The Kier molecular flexibility index (Phi) is 2.55. The summed E-state index contributed by atoms with van der Waals surface area (Å²) >= 11 is 0. The first kappa shape index (κ1) is 9.01. The lowest BCUT2D eigenvalue weighted by atomic mass is 9.79. The normalized spacial score (nSPS) is 32.7. The Hall–Kier alpha value is -0.0800. The zero-order chi connectivity index (χ0) is 8.48. The van der Waals surface area contributed by atoms with Gasteiger partial charge in [-0.25, -0.2) is 0 Å². The molecule has 66 valence electrons. The van der Waals surface area contributed by atoms with Crippen LogP contribution >= 0.6 is 0 Å². The summed E-state index contributed by atoms with van der Waals surface area (Å²) in [5, 5.41) is 12.2. The van der Waals surface area contributed by atoms with E-state index in [-0.39, 0.29) is 6.61 Å². The first-order chi connectivity index (χ1) is 5.04. The molecule has 2 heteroatoms. The molecule has 0 radical (unpaired) electrons. The van der Waals surface area contributed by atoms with Crippen molar-refractivity contribution in [1.82, 2.24) is 5.32 Å². The lowest BCUT2D eigenvalue weighted by Gasteiger charge is -2.25. The van der Waals surface area contributed by atoms with E-state index in [4.69, 9.17) is 5.11 Å². The van der Waals surface area contributed by atoms with E-state index in [1.54, 1.807) is 0 Å². The number of aliphatic hydroxyl groups excluding tert-OH is 1. The summed E-state index contributed by atoms with van der Waals surface area (Å²) in [4.78, 5) is 0. The highest BCUT2D eigenvalue weighted by Gasteiger charge is 2.31. The predicted octanol–water partition coefficient (Wildman–Crippen LogP) is 1.00. The molecule has 0 bridgehead atoms. The fraction of sp³-hybridized carbons (Fsp3) is 1.00. The highest BCUT2D eigenvalue weighted by Crippen LogP contribution is 2.32. The second kappa shape index (κ2) is 3.11. The Morgan fingerprint density at radius 3 is 2.36 bits per heavy atom. The van der Waals surface area contributed by atoms with E-state index in [0.29, 0.717) is 11.5 Å². The molecule has 0 aromatic carbocycles. The largest absolute Gasteiger partial charge is 0.395 e. The quantitative estimate of drug-likeness (QED) is 0.595. The lowest BCUT2D eigenvalue weighted by Crippen LogP contribution is -2.25. The predicted molar refractivity (Wildman–Crippen MR) is 46.4 cm³/mol. The number of hydrogen-bond donors (Lipinski definition) is 2. The average Bonchev–Trinajstić information content (AvgIpc) is 2.32. The topological polar surface area (TPSA) is 32.3 Å². The first-order valence-corrected chi connectivity index (χ1v) is 4.38. The molecule has 2 atom stereocenters. The second-order valence-electron chi connectivity index (χ2n) is 4.59. The van der Waals surface area contributed by atoms with Gasteiger partial charge in [-0.15, -0.1) is 0 Å². The van der Waals surface area contributed by atoms with E-state index in [9.17, 15) is 0 Å². The summed E-state index contributed by atoms with van der Waals surface area (Å²) < 4.78 is 0. The van der Waals surface area contributed by atoms with E-state index in [1.807, 2.05) is 0 Å². The van der Waals surface area contributed by atoms with Gasteiger partial charge in [-0.1, -0.05) is 20.8 Å². The molecule has 1 unspecified atom stereocenters. The Labute approximate surface area is 69.0 Å². The van der Waals surface area contributed by atoms with Crippen molar-refractivity contribution in [2.45, 2.75) is 33.2 Å². The molecule has 1 rings (SSSR count). The minimum absolute atomic E-state index is 0.284. The van der Waals surface area contributed by atoms with Gasteiger partial charge in [0, 0.05) is 6.04 Å². The highest BCUT2D eigenvalue weighted by atomic mass is 16.3. The first-order valence-electron chi connectivity index (χ1n) is 4.38. The fourth-order valence-electron chi connectivity index (χ4n) is 1.62. The minimum Gasteiger partial charge on any atom is -0.395 e. The van der Waals surface area contributed by atoms with Gasteiger partial charge in [-0.3, -0.25) is 0 Å². The molecule has 0 aliphatic carbocycles. The van der Waals surface area contributed by atoms with Gasteiger partial charge >= 0.3 is 0 Å². The third kappa shape index (κ3) is 2.17. The maximum Gasteiger partial charge on any atom is 0.0584 e. The molecule has 1 heterocycles. The molecule has 2 nitrogen and oxygen atoms in total. The third-order valence-corrected chi connectivity index (χ3v) is 2.67. The van der Waals surface area contributed by atoms with Crippen molar-refractivity contribution in [3.63, 3.8) is 0 Å². The van der Waals surface area contributed by atoms with Crippen LogP contribution in [0.4, 0.5) is 0 Å². The van der Waals surface area contributed by atoms with Crippen LogP contribution in [0.1, 0.15) is 27.2 Å². The molecular formula is C9H19NO. The molecule has 0 amide bonds. The van der Waals surface area contributed by atoms with Crippen LogP contribution in [-0.4, -0.2) is 24.3 Å². The highest BCUT2D eigenvalue weighted by molar-refractivity contribution is 4.87. The summed E-state index contributed by atoms with van der Waals surface area (Å²) in [7, 11) is 0. The molecule has 0 saturated carbocycles. The van der Waals surface area contributed by atoms with Gasteiger partial charge in [0.05, 0.1) is 6.61 Å². The molecule has 11 heavy (non-hydrogen) atoms. The standard InChI is InChI=1S/C9H19NO/c1-9(2,3)7-4-8(6-11)10-5-7/h7-8,10-11H,4-6H2,1-3H3/t7?,8-/m0/s1. The summed E-state index contributed by atoms with van der Waals surface area (Å²) in [5.41, 5.74) is 0.386. The summed E-state index contributed by atoms with van der Waals surface area (Å²) in [6.07, 6.45) is 1.12. The monoisotopic (exact) mass is 157 g/mol. The molecule has 0 spiro atoms. The maximum atomic E-state index is 8.89. The van der Waals surface area contributed by atoms with E-state index in [0.717, 1.165) is 18.9 Å². The number of nitrogens with one attached hydrogen (secondary N) is 1. The molecule has 0 aromatic heterocycles. The SMILES string of the molecule is CC(C)(C)C1CN[C@H](CO)C1. The van der Waals surface area contributed by atoms with Gasteiger partial charge in [0.25, 0.3) is 0 Å². The molecule has 0 aromatic rings. The number of rotatable bonds is 1. The Morgan fingerprint density at radius 1 is 1.45 bits per heavy atom. The van der Waals surface area contributed by atoms with Gasteiger partial charge in [-0.05, 0) is 24.3 Å². The molecule has 1 aliphatic rings. The van der Waals surface area contributed by atoms with Crippen molar-refractivity contribution < 1.29 is 5.11 Å². The van der Waals surface area contributed by atoms with Crippen molar-refractivity contribution in [3.8, 4) is 0 Å². The Morgan fingerprint density at radius 2 is 2.09 bits per heavy atom. The third-order valence-electron chi connectivity index (χ3n) is 2.67. The zero-order valence-corrected chi connectivity index (χ0v) is 7.72. The van der Waals surface area contributed by atoms with Crippen molar-refractivity contribution in [2.75, 3.05) is 13.2 Å². The number of aliphatic hydroxyl groups is 1. The van der Waals surface area contributed by atoms with Gasteiger partial charge in [0.15, 0.2) is 0 Å². The van der Waals surface area contributed by atoms with Crippen LogP contribution in [0.5, 0.6) is 0 Å². The lowest BCUT2D eigenvalue weighted by molar-refractivity contribution is 0.229. The molecule has 1 fully saturated rings. The number of hydrogen-bond acceptors (Lipinski definition) is 2. The van der Waals surface area contributed by atoms with Crippen LogP contribution in [0.3, 0.4) is 0 Å². The van der Waals surface area contributed by atoms with Crippen LogP contribution in [-0.2, 0) is 0 Å². The van der Waals surface area contributed by atoms with Crippen molar-refractivity contribution in [1.29, 1.82) is 0 Å². The maximum absolute atomic E-state index is 8.89. The molecule has 1 saturated heterocycles. The van der Waals surface area contributed by atoms with Crippen molar-refractivity contribution in [2.24, 2.45) is 11.3 Å². The minimum atomic E-state index is 0.284. The van der Waals surface area contributed by atoms with Crippen LogP contribution in [0.15, 0.2) is 0 Å². The molecule has 2 N–H and O–H groups in total. The average molecular weight is 157 g/mol. The molecule has 1 aliphatic heterocycles. The van der Waals surface area contributed by atoms with Crippen molar-refractivity contribution in [3.05, 3.63) is 0 Å². The van der Waals surface area contributed by atoms with Gasteiger partial charge in [-0.2, -0.15) is 0 Å². The van der Waals surface area contributed by atoms with E-state index in [1.165, 1.54) is 0 Å². The fourth-order valence-corrected chi connectivity index (χ4v) is 1.62. The van der Waals surface area contributed by atoms with Gasteiger partial charge in [0.2, 0.25) is 0 Å². The van der Waals surface area contributed by atoms with Crippen LogP contribution in [0, 0.1) is 11.3 Å². The van der Waals surface area contributed by atoms with Crippen LogP contribution in [0.25, 0.3) is 0 Å². The second-order valence-corrected chi connectivity index (χ2v) is 4.59. The van der Waals surface area contributed by atoms with E-state index < -0.39 is 0 Å².